The second-order valence-electron chi connectivity index (χ2n) is 4.73. The first kappa shape index (κ1) is 15.8. The van der Waals surface area contributed by atoms with Gasteiger partial charge in [-0.3, -0.25) is 4.90 Å². The number of halogens is 2. The lowest BCUT2D eigenvalue weighted by Gasteiger charge is -2.29. The summed E-state index contributed by atoms with van der Waals surface area (Å²) < 4.78 is 5.88. The van der Waals surface area contributed by atoms with Crippen LogP contribution in [-0.2, 0) is 9.53 Å². The molecule has 0 aromatic heterocycles. The molecule has 1 aliphatic rings. The standard InChI is InChI=1S/C14H18BrClN2O2/c1-20-14(19)13(18-7-2-5-17-6-8-18)11-9-10(15)3-4-12(11)16/h3-4,9,13,17H,2,5-8H2,1H3. The molecule has 0 radical (unpaired) electrons. The third-order valence-electron chi connectivity index (χ3n) is 3.42. The summed E-state index contributed by atoms with van der Waals surface area (Å²) in [6.45, 7) is 3.47. The Morgan fingerprint density at radius 2 is 2.25 bits per heavy atom. The van der Waals surface area contributed by atoms with Crippen molar-refractivity contribution in [2.75, 3.05) is 33.3 Å². The number of carbonyl (C=O) groups is 1. The van der Waals surface area contributed by atoms with Gasteiger partial charge < -0.3 is 10.1 Å². The molecule has 20 heavy (non-hydrogen) atoms. The fourth-order valence-electron chi connectivity index (χ4n) is 2.43. The molecular weight excluding hydrogens is 344 g/mol. The van der Waals surface area contributed by atoms with E-state index in [1.807, 2.05) is 12.1 Å². The largest absolute Gasteiger partial charge is 0.468 e. The van der Waals surface area contributed by atoms with Gasteiger partial charge in [-0.2, -0.15) is 0 Å². The third kappa shape index (κ3) is 3.73. The summed E-state index contributed by atoms with van der Waals surface area (Å²) in [4.78, 5) is 14.4. The molecule has 4 nitrogen and oxygen atoms in total. The Bertz CT molecular complexity index is 476. The highest BCUT2D eigenvalue weighted by Crippen LogP contribution is 2.31. The zero-order valence-corrected chi connectivity index (χ0v) is 13.7. The van der Waals surface area contributed by atoms with Crippen molar-refractivity contribution >= 4 is 33.5 Å². The molecule has 1 aromatic carbocycles. The van der Waals surface area contributed by atoms with E-state index in [1.165, 1.54) is 7.11 Å². The molecular formula is C14H18BrClN2O2. The molecule has 2 rings (SSSR count). The van der Waals surface area contributed by atoms with Crippen LogP contribution in [0.2, 0.25) is 5.02 Å². The smallest absolute Gasteiger partial charge is 0.327 e. The topological polar surface area (TPSA) is 41.6 Å². The number of ether oxygens (including phenoxy) is 1. The molecule has 1 N–H and O–H groups in total. The lowest BCUT2D eigenvalue weighted by Crippen LogP contribution is -2.37. The first-order valence-electron chi connectivity index (χ1n) is 6.61. The Kier molecular flexibility index (Phi) is 5.84. The van der Waals surface area contributed by atoms with Gasteiger partial charge >= 0.3 is 5.97 Å². The molecule has 1 atom stereocenters. The van der Waals surface area contributed by atoms with Crippen LogP contribution >= 0.6 is 27.5 Å². The summed E-state index contributed by atoms with van der Waals surface area (Å²) in [5.41, 5.74) is 0.787. The number of benzene rings is 1. The van der Waals surface area contributed by atoms with Crippen LogP contribution < -0.4 is 5.32 Å². The van der Waals surface area contributed by atoms with E-state index in [-0.39, 0.29) is 5.97 Å². The van der Waals surface area contributed by atoms with Crippen molar-refractivity contribution in [2.45, 2.75) is 12.5 Å². The minimum atomic E-state index is -0.454. The van der Waals surface area contributed by atoms with E-state index in [9.17, 15) is 4.79 Å². The number of esters is 1. The van der Waals surface area contributed by atoms with Gasteiger partial charge in [-0.25, -0.2) is 4.79 Å². The summed E-state index contributed by atoms with van der Waals surface area (Å²) in [6, 6.07) is 5.10. The Balaban J connectivity index is 2.35. The highest BCUT2D eigenvalue weighted by atomic mass is 79.9. The van der Waals surface area contributed by atoms with E-state index in [2.05, 4.69) is 26.1 Å². The van der Waals surface area contributed by atoms with Crippen LogP contribution in [-0.4, -0.2) is 44.2 Å². The van der Waals surface area contributed by atoms with Crippen molar-refractivity contribution in [3.63, 3.8) is 0 Å². The SMILES string of the molecule is COC(=O)C(c1cc(Br)ccc1Cl)N1CCCNCC1. The molecule has 0 bridgehead atoms. The van der Waals surface area contributed by atoms with Crippen molar-refractivity contribution in [1.29, 1.82) is 0 Å². The van der Waals surface area contributed by atoms with Crippen molar-refractivity contribution < 1.29 is 9.53 Å². The van der Waals surface area contributed by atoms with Crippen molar-refractivity contribution in [1.82, 2.24) is 10.2 Å². The van der Waals surface area contributed by atoms with E-state index in [4.69, 9.17) is 16.3 Å². The number of hydrogen-bond donors (Lipinski definition) is 1. The first-order chi connectivity index (χ1) is 9.63. The van der Waals surface area contributed by atoms with E-state index in [0.717, 1.165) is 42.6 Å². The maximum atomic E-state index is 12.2. The van der Waals surface area contributed by atoms with Gasteiger partial charge in [-0.1, -0.05) is 27.5 Å². The van der Waals surface area contributed by atoms with Gasteiger partial charge in [0.1, 0.15) is 6.04 Å². The van der Waals surface area contributed by atoms with Crippen LogP contribution in [0.15, 0.2) is 22.7 Å². The molecule has 1 saturated heterocycles. The summed E-state index contributed by atoms with van der Waals surface area (Å²) in [5.74, 6) is -0.271. The summed E-state index contributed by atoms with van der Waals surface area (Å²) in [6.07, 6.45) is 0.999. The van der Waals surface area contributed by atoms with Crippen LogP contribution in [0.4, 0.5) is 0 Å². The predicted molar refractivity (Wildman–Crippen MR) is 83.0 cm³/mol. The number of rotatable bonds is 3. The summed E-state index contributed by atoms with van der Waals surface area (Å²) in [5, 5.41) is 3.91. The zero-order valence-electron chi connectivity index (χ0n) is 11.4. The van der Waals surface area contributed by atoms with Crippen LogP contribution in [0.5, 0.6) is 0 Å². The normalized spacial score (nSPS) is 18.4. The van der Waals surface area contributed by atoms with E-state index in [0.29, 0.717) is 5.02 Å². The molecule has 0 amide bonds. The lowest BCUT2D eigenvalue weighted by atomic mass is 10.0. The lowest BCUT2D eigenvalue weighted by molar-refractivity contribution is -0.147. The van der Waals surface area contributed by atoms with Gasteiger partial charge in [0.2, 0.25) is 0 Å². The van der Waals surface area contributed by atoms with Gasteiger partial charge in [0.15, 0.2) is 0 Å². The van der Waals surface area contributed by atoms with Gasteiger partial charge in [-0.05, 0) is 31.2 Å². The fourth-order valence-corrected chi connectivity index (χ4v) is 3.03. The average molecular weight is 362 g/mol. The Morgan fingerprint density at radius 1 is 1.45 bits per heavy atom. The Labute approximate surface area is 132 Å². The molecule has 1 aliphatic heterocycles. The third-order valence-corrected chi connectivity index (χ3v) is 4.25. The number of carbonyl (C=O) groups excluding carboxylic acids is 1. The van der Waals surface area contributed by atoms with Crippen LogP contribution in [0.3, 0.4) is 0 Å². The summed E-state index contributed by atoms with van der Waals surface area (Å²) in [7, 11) is 1.41. The highest BCUT2D eigenvalue weighted by molar-refractivity contribution is 9.10. The minimum absolute atomic E-state index is 0.271. The molecule has 1 heterocycles. The van der Waals surface area contributed by atoms with Gasteiger partial charge in [0.05, 0.1) is 7.11 Å². The summed E-state index contributed by atoms with van der Waals surface area (Å²) >= 11 is 9.71. The molecule has 6 heteroatoms. The quantitative estimate of drug-likeness (QED) is 0.840. The second-order valence-corrected chi connectivity index (χ2v) is 6.05. The number of hydrogen-bond acceptors (Lipinski definition) is 4. The van der Waals surface area contributed by atoms with Crippen LogP contribution in [0.1, 0.15) is 18.0 Å². The van der Waals surface area contributed by atoms with E-state index >= 15 is 0 Å². The molecule has 0 aliphatic carbocycles. The number of methoxy groups -OCH3 is 1. The average Bonchev–Trinajstić information content (AvgIpc) is 2.72. The van der Waals surface area contributed by atoms with Crippen LogP contribution in [0, 0.1) is 0 Å². The Morgan fingerprint density at radius 3 is 3.00 bits per heavy atom. The van der Waals surface area contributed by atoms with E-state index < -0.39 is 6.04 Å². The number of nitrogens with zero attached hydrogens (tertiary/aromatic N) is 1. The van der Waals surface area contributed by atoms with Crippen molar-refractivity contribution in [2.24, 2.45) is 0 Å². The van der Waals surface area contributed by atoms with Gasteiger partial charge in [-0.15, -0.1) is 0 Å². The van der Waals surface area contributed by atoms with Gasteiger partial charge in [0.25, 0.3) is 0 Å². The van der Waals surface area contributed by atoms with Gasteiger partial charge in [0, 0.05) is 34.7 Å². The maximum absolute atomic E-state index is 12.2. The molecule has 1 aromatic rings. The first-order valence-corrected chi connectivity index (χ1v) is 7.78. The second kappa shape index (κ2) is 7.41. The minimum Gasteiger partial charge on any atom is -0.468 e. The fraction of sp³-hybridized carbons (Fsp3) is 0.500. The molecule has 1 fully saturated rings. The molecule has 1 unspecified atom stereocenters. The molecule has 110 valence electrons. The predicted octanol–water partition coefficient (Wildman–Crippen LogP) is 2.61. The number of nitrogens with one attached hydrogen (secondary N) is 1. The zero-order chi connectivity index (χ0) is 14.5. The van der Waals surface area contributed by atoms with E-state index in [1.54, 1.807) is 6.07 Å². The highest BCUT2D eigenvalue weighted by Gasteiger charge is 2.30. The van der Waals surface area contributed by atoms with Crippen molar-refractivity contribution in [3.05, 3.63) is 33.3 Å². The van der Waals surface area contributed by atoms with Crippen molar-refractivity contribution in [3.8, 4) is 0 Å². The molecule has 0 spiro atoms. The molecule has 0 saturated carbocycles. The monoisotopic (exact) mass is 360 g/mol. The van der Waals surface area contributed by atoms with Crippen LogP contribution in [0.25, 0.3) is 0 Å². The Hall–Kier alpha value is -0.620. The maximum Gasteiger partial charge on any atom is 0.327 e.